The first-order valence-electron chi connectivity index (χ1n) is 5.40. The molecule has 0 aliphatic heterocycles. The molecule has 0 bridgehead atoms. The van der Waals surface area contributed by atoms with E-state index in [9.17, 15) is 13.2 Å². The molecule has 84 valence electrons. The average molecular weight is 208 g/mol. The van der Waals surface area contributed by atoms with Gasteiger partial charge in [0.1, 0.15) is 0 Å². The van der Waals surface area contributed by atoms with Gasteiger partial charge in [-0.3, -0.25) is 0 Å². The summed E-state index contributed by atoms with van der Waals surface area (Å²) in [5, 5.41) is 0. The van der Waals surface area contributed by atoms with E-state index in [-0.39, 0.29) is 12.3 Å². The Morgan fingerprint density at radius 1 is 1.00 bits per heavy atom. The number of hydrogen-bond acceptors (Lipinski definition) is 0. The van der Waals surface area contributed by atoms with Gasteiger partial charge in [0.05, 0.1) is 5.41 Å². The molecule has 0 heterocycles. The second-order valence-electron chi connectivity index (χ2n) is 4.41. The Balaban J connectivity index is 3.07. The molecule has 2 atom stereocenters. The maximum absolute atomic E-state index is 13.0. The van der Waals surface area contributed by atoms with Crippen LogP contribution in [0.1, 0.15) is 47.0 Å². The quantitative estimate of drug-likeness (QED) is 0.644. The van der Waals surface area contributed by atoms with Gasteiger partial charge >= 0.3 is 6.18 Å². The van der Waals surface area contributed by atoms with Crippen LogP contribution in [0, 0.1) is 16.7 Å². The monoisotopic (exact) mass is 208 g/mol. The molecule has 1 aliphatic rings. The Kier molecular flexibility index (Phi) is 2.66. The maximum atomic E-state index is 13.0. The van der Waals surface area contributed by atoms with E-state index in [0.717, 1.165) is 0 Å². The fraction of sp³-hybridized carbons (Fsp3) is 1.00. The third kappa shape index (κ3) is 1.01. The third-order valence-corrected chi connectivity index (χ3v) is 4.70. The van der Waals surface area contributed by atoms with Gasteiger partial charge in [0, 0.05) is 0 Å². The highest BCUT2D eigenvalue weighted by Gasteiger charge is 2.81. The first-order chi connectivity index (χ1) is 6.34. The van der Waals surface area contributed by atoms with Gasteiger partial charge in [0.2, 0.25) is 0 Å². The van der Waals surface area contributed by atoms with Gasteiger partial charge in [-0.25, -0.2) is 0 Å². The largest absolute Gasteiger partial charge is 0.395 e. The summed E-state index contributed by atoms with van der Waals surface area (Å²) in [7, 11) is 0. The second-order valence-corrected chi connectivity index (χ2v) is 4.41. The molecule has 0 saturated heterocycles. The van der Waals surface area contributed by atoms with Crippen molar-refractivity contribution in [3.63, 3.8) is 0 Å². The standard InChI is InChI=1S/C11H19F3/c1-5-9(6-2)8(4)10(9,7-3)11(12,13)14/h8H,5-7H2,1-4H3. The molecule has 0 aromatic heterocycles. The van der Waals surface area contributed by atoms with Crippen molar-refractivity contribution in [1.29, 1.82) is 0 Å². The molecular formula is C11H19F3. The Labute approximate surface area is 83.9 Å². The van der Waals surface area contributed by atoms with Crippen LogP contribution in [0.25, 0.3) is 0 Å². The molecular weight excluding hydrogens is 189 g/mol. The Morgan fingerprint density at radius 2 is 1.43 bits per heavy atom. The van der Waals surface area contributed by atoms with Crippen LogP contribution >= 0.6 is 0 Å². The maximum Gasteiger partial charge on any atom is 0.395 e. The summed E-state index contributed by atoms with van der Waals surface area (Å²) < 4.78 is 39.0. The van der Waals surface area contributed by atoms with E-state index in [0.29, 0.717) is 12.8 Å². The van der Waals surface area contributed by atoms with E-state index >= 15 is 0 Å². The lowest BCUT2D eigenvalue weighted by Crippen LogP contribution is -2.30. The van der Waals surface area contributed by atoms with Crippen molar-refractivity contribution >= 4 is 0 Å². The molecule has 1 saturated carbocycles. The summed E-state index contributed by atoms with van der Waals surface area (Å²) in [4.78, 5) is 0. The fourth-order valence-corrected chi connectivity index (χ4v) is 3.78. The van der Waals surface area contributed by atoms with Crippen molar-refractivity contribution in [2.45, 2.75) is 53.1 Å². The van der Waals surface area contributed by atoms with E-state index in [1.165, 1.54) is 0 Å². The van der Waals surface area contributed by atoms with Crippen molar-refractivity contribution in [2.24, 2.45) is 16.7 Å². The first-order valence-corrected chi connectivity index (χ1v) is 5.40. The van der Waals surface area contributed by atoms with Crippen LogP contribution in [0.2, 0.25) is 0 Å². The van der Waals surface area contributed by atoms with Crippen LogP contribution in [0.5, 0.6) is 0 Å². The number of rotatable bonds is 3. The van der Waals surface area contributed by atoms with Gasteiger partial charge in [-0.05, 0) is 30.6 Å². The Hall–Kier alpha value is -0.210. The first kappa shape index (κ1) is 11.9. The van der Waals surface area contributed by atoms with Crippen molar-refractivity contribution in [1.82, 2.24) is 0 Å². The highest BCUT2D eigenvalue weighted by Crippen LogP contribution is 2.79. The van der Waals surface area contributed by atoms with Gasteiger partial charge in [-0.2, -0.15) is 13.2 Å². The molecule has 1 rings (SSSR count). The third-order valence-electron chi connectivity index (χ3n) is 4.70. The van der Waals surface area contributed by atoms with Crippen LogP contribution in [0.4, 0.5) is 13.2 Å². The molecule has 0 radical (unpaired) electrons. The van der Waals surface area contributed by atoms with E-state index in [2.05, 4.69) is 0 Å². The van der Waals surface area contributed by atoms with Crippen molar-refractivity contribution in [3.05, 3.63) is 0 Å². The van der Waals surface area contributed by atoms with Crippen LogP contribution in [0.3, 0.4) is 0 Å². The molecule has 0 amide bonds. The number of hydrogen-bond donors (Lipinski definition) is 0. The highest BCUT2D eigenvalue weighted by atomic mass is 19.4. The highest BCUT2D eigenvalue weighted by molar-refractivity contribution is 5.21. The number of halogens is 3. The Morgan fingerprint density at radius 3 is 1.50 bits per heavy atom. The Bertz CT molecular complexity index is 215. The van der Waals surface area contributed by atoms with Crippen LogP contribution in [0.15, 0.2) is 0 Å². The van der Waals surface area contributed by atoms with E-state index in [4.69, 9.17) is 0 Å². The van der Waals surface area contributed by atoms with Crippen LogP contribution in [-0.2, 0) is 0 Å². The molecule has 1 aliphatic carbocycles. The van der Waals surface area contributed by atoms with Crippen molar-refractivity contribution in [3.8, 4) is 0 Å². The average Bonchev–Trinajstić information content (AvgIpc) is 2.65. The van der Waals surface area contributed by atoms with Crippen LogP contribution < -0.4 is 0 Å². The predicted molar refractivity (Wildman–Crippen MR) is 51.0 cm³/mol. The van der Waals surface area contributed by atoms with E-state index < -0.39 is 17.0 Å². The summed E-state index contributed by atoms with van der Waals surface area (Å²) in [5.41, 5.74) is -1.89. The fourth-order valence-electron chi connectivity index (χ4n) is 3.78. The van der Waals surface area contributed by atoms with Crippen LogP contribution in [-0.4, -0.2) is 6.18 Å². The molecule has 14 heavy (non-hydrogen) atoms. The molecule has 0 spiro atoms. The van der Waals surface area contributed by atoms with Crippen molar-refractivity contribution < 1.29 is 13.2 Å². The molecule has 0 aromatic rings. The van der Waals surface area contributed by atoms with Gasteiger partial charge in [0.15, 0.2) is 0 Å². The van der Waals surface area contributed by atoms with E-state index in [1.54, 1.807) is 13.8 Å². The lowest BCUT2D eigenvalue weighted by Gasteiger charge is -2.25. The molecule has 0 aromatic carbocycles. The zero-order valence-corrected chi connectivity index (χ0v) is 9.33. The van der Waals surface area contributed by atoms with Crippen molar-refractivity contribution in [2.75, 3.05) is 0 Å². The minimum absolute atomic E-state index is 0.213. The minimum Gasteiger partial charge on any atom is -0.170 e. The van der Waals surface area contributed by atoms with Gasteiger partial charge in [0.25, 0.3) is 0 Å². The second kappa shape index (κ2) is 3.14. The zero-order valence-electron chi connectivity index (χ0n) is 9.33. The van der Waals surface area contributed by atoms with E-state index in [1.807, 2.05) is 13.8 Å². The topological polar surface area (TPSA) is 0 Å². The minimum atomic E-state index is -4.03. The summed E-state index contributed by atoms with van der Waals surface area (Å²) in [6.45, 7) is 7.17. The summed E-state index contributed by atoms with van der Waals surface area (Å²) in [6.07, 6.45) is -2.54. The summed E-state index contributed by atoms with van der Waals surface area (Å²) in [5.74, 6) is -0.213. The van der Waals surface area contributed by atoms with Gasteiger partial charge < -0.3 is 0 Å². The molecule has 1 fully saturated rings. The SMILES string of the molecule is CCC1(CC)C(C)C1(CC)C(F)(F)F. The van der Waals surface area contributed by atoms with Gasteiger partial charge in [-0.1, -0.05) is 27.7 Å². The summed E-state index contributed by atoms with van der Waals surface area (Å²) in [6, 6.07) is 0. The normalized spacial score (nSPS) is 35.8. The molecule has 3 heteroatoms. The molecule has 2 unspecified atom stereocenters. The molecule has 0 N–H and O–H groups in total. The predicted octanol–water partition coefficient (Wildman–Crippen LogP) is 4.40. The van der Waals surface area contributed by atoms with Gasteiger partial charge in [-0.15, -0.1) is 0 Å². The number of alkyl halides is 3. The lowest BCUT2D eigenvalue weighted by molar-refractivity contribution is -0.203. The zero-order chi connectivity index (χ0) is 11.2. The summed E-state index contributed by atoms with van der Waals surface area (Å²) >= 11 is 0. The smallest absolute Gasteiger partial charge is 0.170 e. The lowest BCUT2D eigenvalue weighted by atomic mass is 9.85. The molecule has 0 nitrogen and oxygen atoms in total.